The van der Waals surface area contributed by atoms with Crippen molar-refractivity contribution in [3.05, 3.63) is 24.3 Å². The second-order valence-corrected chi connectivity index (χ2v) is 7.76. The predicted octanol–water partition coefficient (Wildman–Crippen LogP) is 2.08. The van der Waals surface area contributed by atoms with Crippen LogP contribution in [0.25, 0.3) is 0 Å². The first-order valence-electron chi connectivity index (χ1n) is 7.20. The van der Waals surface area contributed by atoms with Crippen molar-refractivity contribution in [2.45, 2.75) is 37.7 Å². The molecule has 0 radical (unpaired) electrons. The number of hydrogen-bond acceptors (Lipinski definition) is 4. The van der Waals surface area contributed by atoms with Crippen LogP contribution < -0.4 is 4.90 Å². The number of benzene rings is 1. The quantitative estimate of drug-likeness (QED) is 0.924. The summed E-state index contributed by atoms with van der Waals surface area (Å²) in [5.74, 6) is 0.419. The van der Waals surface area contributed by atoms with E-state index in [1.807, 2.05) is 19.1 Å². The number of aliphatic hydroxyl groups is 1. The van der Waals surface area contributed by atoms with Gasteiger partial charge in [0, 0.05) is 24.7 Å². The average molecular weight is 297 g/mol. The third kappa shape index (κ3) is 3.33. The Labute approximate surface area is 121 Å². The summed E-state index contributed by atoms with van der Waals surface area (Å²) in [6.07, 6.45) is 1.82. The molecule has 1 fully saturated rings. The lowest BCUT2D eigenvalue weighted by Crippen LogP contribution is -2.39. The van der Waals surface area contributed by atoms with Crippen molar-refractivity contribution < 1.29 is 13.5 Å². The third-order valence-electron chi connectivity index (χ3n) is 4.08. The largest absolute Gasteiger partial charge is 0.393 e. The van der Waals surface area contributed by atoms with E-state index in [4.69, 9.17) is 0 Å². The monoisotopic (exact) mass is 297 g/mol. The van der Waals surface area contributed by atoms with E-state index < -0.39 is 9.84 Å². The molecule has 0 amide bonds. The van der Waals surface area contributed by atoms with Crippen molar-refractivity contribution >= 4 is 15.5 Å². The van der Waals surface area contributed by atoms with Crippen LogP contribution in [0.3, 0.4) is 0 Å². The Morgan fingerprint density at radius 1 is 1.35 bits per heavy atom. The Bertz CT molecular complexity index is 537. The van der Waals surface area contributed by atoms with Gasteiger partial charge in [0.15, 0.2) is 9.84 Å². The Morgan fingerprint density at radius 2 is 2.00 bits per heavy atom. The Balaban J connectivity index is 2.14. The minimum Gasteiger partial charge on any atom is -0.393 e. The summed E-state index contributed by atoms with van der Waals surface area (Å²) in [4.78, 5) is 2.61. The van der Waals surface area contributed by atoms with Gasteiger partial charge in [-0.25, -0.2) is 8.42 Å². The molecule has 1 aliphatic heterocycles. The second-order valence-electron chi connectivity index (χ2n) is 5.49. The van der Waals surface area contributed by atoms with Gasteiger partial charge in [0.25, 0.3) is 0 Å². The summed E-state index contributed by atoms with van der Waals surface area (Å²) in [6, 6.07) is 7.10. The van der Waals surface area contributed by atoms with E-state index in [2.05, 4.69) is 4.90 Å². The van der Waals surface area contributed by atoms with E-state index in [0.717, 1.165) is 31.6 Å². The van der Waals surface area contributed by atoms with Crippen molar-refractivity contribution in [1.29, 1.82) is 0 Å². The molecule has 5 heteroatoms. The molecule has 1 aliphatic rings. The van der Waals surface area contributed by atoms with Crippen molar-refractivity contribution in [2.24, 2.45) is 5.92 Å². The van der Waals surface area contributed by atoms with Gasteiger partial charge in [-0.3, -0.25) is 0 Å². The van der Waals surface area contributed by atoms with Crippen LogP contribution in [0, 0.1) is 5.92 Å². The summed E-state index contributed by atoms with van der Waals surface area (Å²) in [5.41, 5.74) is 1.03. The lowest BCUT2D eigenvalue weighted by Gasteiger charge is -2.35. The van der Waals surface area contributed by atoms with Crippen LogP contribution in [0.4, 0.5) is 5.69 Å². The zero-order valence-electron chi connectivity index (χ0n) is 12.1. The van der Waals surface area contributed by atoms with Crippen LogP contribution in [0.2, 0.25) is 0 Å². The average Bonchev–Trinajstić information content (AvgIpc) is 2.47. The molecule has 0 bridgehead atoms. The van der Waals surface area contributed by atoms with Crippen LogP contribution in [-0.2, 0) is 9.84 Å². The molecule has 0 aromatic heterocycles. The van der Waals surface area contributed by atoms with E-state index in [9.17, 15) is 13.5 Å². The van der Waals surface area contributed by atoms with Crippen molar-refractivity contribution in [3.63, 3.8) is 0 Å². The van der Waals surface area contributed by atoms with Gasteiger partial charge in [-0.05, 0) is 44.0 Å². The maximum atomic E-state index is 11.8. The predicted molar refractivity (Wildman–Crippen MR) is 80.8 cm³/mol. The molecule has 4 nitrogen and oxygen atoms in total. The van der Waals surface area contributed by atoms with Crippen LogP contribution in [0.1, 0.15) is 26.7 Å². The molecule has 1 heterocycles. The first-order valence-corrected chi connectivity index (χ1v) is 8.85. The van der Waals surface area contributed by atoms with Crippen LogP contribution >= 0.6 is 0 Å². The molecule has 0 aliphatic carbocycles. The molecule has 0 saturated carbocycles. The molecule has 0 spiro atoms. The third-order valence-corrected chi connectivity index (χ3v) is 5.83. The highest BCUT2D eigenvalue weighted by molar-refractivity contribution is 7.91. The molecule has 1 aromatic rings. The number of piperidine rings is 1. The SMILES string of the molecule is CCS(=O)(=O)c1ccc(N2CCC[C@@H]([C@H](C)O)C2)cc1. The fourth-order valence-corrected chi connectivity index (χ4v) is 3.55. The molecular weight excluding hydrogens is 274 g/mol. The summed E-state index contributed by atoms with van der Waals surface area (Å²) < 4.78 is 23.6. The number of aliphatic hydroxyl groups excluding tert-OH is 1. The summed E-state index contributed by atoms with van der Waals surface area (Å²) in [7, 11) is -3.13. The molecule has 112 valence electrons. The fourth-order valence-electron chi connectivity index (χ4n) is 2.67. The Kier molecular flexibility index (Phi) is 4.70. The molecule has 1 N–H and O–H groups in total. The molecule has 1 saturated heterocycles. The topological polar surface area (TPSA) is 57.6 Å². The fraction of sp³-hybridized carbons (Fsp3) is 0.600. The highest BCUT2D eigenvalue weighted by Gasteiger charge is 2.23. The van der Waals surface area contributed by atoms with Gasteiger partial charge < -0.3 is 10.0 Å². The molecule has 20 heavy (non-hydrogen) atoms. The summed E-state index contributed by atoms with van der Waals surface area (Å²) >= 11 is 0. The molecule has 2 rings (SSSR count). The van der Waals surface area contributed by atoms with E-state index in [-0.39, 0.29) is 11.9 Å². The van der Waals surface area contributed by atoms with Gasteiger partial charge in [0.2, 0.25) is 0 Å². The lowest BCUT2D eigenvalue weighted by molar-refractivity contribution is 0.115. The zero-order chi connectivity index (χ0) is 14.8. The molecular formula is C15H23NO3S. The van der Waals surface area contributed by atoms with Crippen molar-refractivity contribution in [3.8, 4) is 0 Å². The van der Waals surface area contributed by atoms with Crippen LogP contribution in [0.15, 0.2) is 29.2 Å². The minimum atomic E-state index is -3.13. The molecule has 2 atom stereocenters. The first-order chi connectivity index (χ1) is 9.44. The van der Waals surface area contributed by atoms with E-state index in [1.54, 1.807) is 19.1 Å². The summed E-state index contributed by atoms with van der Waals surface area (Å²) in [6.45, 7) is 5.28. The minimum absolute atomic E-state index is 0.125. The van der Waals surface area contributed by atoms with Gasteiger partial charge >= 0.3 is 0 Å². The highest BCUT2D eigenvalue weighted by atomic mass is 32.2. The maximum absolute atomic E-state index is 11.8. The van der Waals surface area contributed by atoms with Gasteiger partial charge in [-0.15, -0.1) is 0 Å². The number of rotatable bonds is 4. The zero-order valence-corrected chi connectivity index (χ0v) is 12.9. The first kappa shape index (κ1) is 15.3. The summed E-state index contributed by atoms with van der Waals surface area (Å²) in [5, 5.41) is 9.72. The van der Waals surface area contributed by atoms with Crippen molar-refractivity contribution in [1.82, 2.24) is 0 Å². The van der Waals surface area contributed by atoms with E-state index >= 15 is 0 Å². The normalized spacial score (nSPS) is 21.8. The molecule has 0 unspecified atom stereocenters. The van der Waals surface area contributed by atoms with Crippen LogP contribution in [0.5, 0.6) is 0 Å². The smallest absolute Gasteiger partial charge is 0.178 e. The van der Waals surface area contributed by atoms with Crippen molar-refractivity contribution in [2.75, 3.05) is 23.7 Å². The maximum Gasteiger partial charge on any atom is 0.178 e. The molecule has 1 aromatic carbocycles. The van der Waals surface area contributed by atoms with E-state index in [0.29, 0.717) is 10.8 Å². The Morgan fingerprint density at radius 3 is 2.55 bits per heavy atom. The highest BCUT2D eigenvalue weighted by Crippen LogP contribution is 2.26. The second kappa shape index (κ2) is 6.14. The van der Waals surface area contributed by atoms with Gasteiger partial charge in [0.1, 0.15) is 0 Å². The standard InChI is InChI=1S/C15H23NO3S/c1-3-20(18,19)15-8-6-14(7-9-15)16-10-4-5-13(11-16)12(2)17/h6-9,12-13,17H,3-5,10-11H2,1-2H3/t12-,13+/m0/s1. The van der Waals surface area contributed by atoms with E-state index in [1.165, 1.54) is 0 Å². The van der Waals surface area contributed by atoms with Gasteiger partial charge in [-0.1, -0.05) is 6.92 Å². The number of sulfone groups is 1. The number of hydrogen-bond donors (Lipinski definition) is 1. The van der Waals surface area contributed by atoms with Gasteiger partial charge in [0.05, 0.1) is 16.8 Å². The number of nitrogens with zero attached hydrogens (tertiary/aromatic N) is 1. The van der Waals surface area contributed by atoms with Crippen LogP contribution in [-0.4, -0.2) is 38.5 Å². The number of anilines is 1. The Hall–Kier alpha value is -1.07. The lowest BCUT2D eigenvalue weighted by atomic mass is 9.93. The van der Waals surface area contributed by atoms with Gasteiger partial charge in [-0.2, -0.15) is 0 Å².